The van der Waals surface area contributed by atoms with Gasteiger partial charge in [0.25, 0.3) is 5.91 Å². The first kappa shape index (κ1) is 12.7. The van der Waals surface area contributed by atoms with Crippen molar-refractivity contribution in [2.45, 2.75) is 12.8 Å². The molecule has 1 heterocycles. The van der Waals surface area contributed by atoms with E-state index in [1.807, 2.05) is 0 Å². The maximum atomic E-state index is 11.8. The first-order chi connectivity index (χ1) is 8.66. The summed E-state index contributed by atoms with van der Waals surface area (Å²) in [5, 5.41) is 24.8. The van der Waals surface area contributed by atoms with Crippen LogP contribution < -0.4 is 10.6 Å². The van der Waals surface area contributed by atoms with Gasteiger partial charge in [-0.2, -0.15) is 0 Å². The summed E-state index contributed by atoms with van der Waals surface area (Å²) in [5.41, 5.74) is 0.111. The van der Waals surface area contributed by atoms with Gasteiger partial charge in [-0.15, -0.1) is 0 Å². The van der Waals surface area contributed by atoms with Gasteiger partial charge in [-0.3, -0.25) is 4.79 Å². The zero-order valence-corrected chi connectivity index (χ0v) is 10.1. The van der Waals surface area contributed by atoms with E-state index in [4.69, 9.17) is 0 Å². The van der Waals surface area contributed by atoms with Crippen LogP contribution in [0.1, 0.15) is 23.2 Å². The average Bonchev–Trinajstić information content (AvgIpc) is 2.85. The monoisotopic (exact) mass is 250 g/mol. The Balaban J connectivity index is 1.85. The van der Waals surface area contributed by atoms with Crippen LogP contribution in [0.25, 0.3) is 0 Å². The molecule has 18 heavy (non-hydrogen) atoms. The van der Waals surface area contributed by atoms with Gasteiger partial charge in [0.2, 0.25) is 0 Å². The van der Waals surface area contributed by atoms with Crippen molar-refractivity contribution in [2.75, 3.05) is 19.6 Å². The minimum absolute atomic E-state index is 0.0297. The molecule has 0 aliphatic carbocycles. The minimum atomic E-state index is -0.352. The Bertz CT molecular complexity index is 428. The zero-order valence-electron chi connectivity index (χ0n) is 10.1. The Hall–Kier alpha value is -1.75. The molecule has 5 nitrogen and oxygen atoms in total. The lowest BCUT2D eigenvalue weighted by Crippen LogP contribution is -2.26. The number of carbonyl (C=O) groups is 1. The van der Waals surface area contributed by atoms with Gasteiger partial charge in [0.15, 0.2) is 0 Å². The van der Waals surface area contributed by atoms with Crippen LogP contribution in [0.2, 0.25) is 0 Å². The fourth-order valence-electron chi connectivity index (χ4n) is 2.15. The highest BCUT2D eigenvalue weighted by Gasteiger charge is 2.15. The molecule has 0 saturated carbocycles. The van der Waals surface area contributed by atoms with E-state index in [1.54, 1.807) is 0 Å². The van der Waals surface area contributed by atoms with E-state index < -0.39 is 0 Å². The molecule has 1 aromatic rings. The van der Waals surface area contributed by atoms with E-state index >= 15 is 0 Å². The van der Waals surface area contributed by atoms with Crippen LogP contribution in [0.15, 0.2) is 18.2 Å². The fourth-order valence-corrected chi connectivity index (χ4v) is 2.15. The third-order valence-electron chi connectivity index (χ3n) is 3.23. The van der Waals surface area contributed by atoms with Crippen LogP contribution in [-0.4, -0.2) is 35.8 Å². The van der Waals surface area contributed by atoms with Gasteiger partial charge in [-0.05, 0) is 50.0 Å². The Labute approximate surface area is 106 Å². The summed E-state index contributed by atoms with van der Waals surface area (Å²) in [6, 6.07) is 3.92. The number of nitrogens with one attached hydrogen (secondary N) is 2. The van der Waals surface area contributed by atoms with Crippen molar-refractivity contribution in [2.24, 2.45) is 5.92 Å². The topological polar surface area (TPSA) is 81.6 Å². The lowest BCUT2D eigenvalue weighted by atomic mass is 10.1. The van der Waals surface area contributed by atoms with Crippen LogP contribution in [-0.2, 0) is 0 Å². The summed E-state index contributed by atoms with van der Waals surface area (Å²) in [6.45, 7) is 2.64. The molecule has 0 radical (unpaired) electrons. The molecule has 1 fully saturated rings. The molecule has 0 aromatic heterocycles. The molecule has 1 saturated heterocycles. The van der Waals surface area contributed by atoms with Gasteiger partial charge >= 0.3 is 0 Å². The molecule has 1 aromatic carbocycles. The van der Waals surface area contributed by atoms with Gasteiger partial charge < -0.3 is 20.8 Å². The third-order valence-corrected chi connectivity index (χ3v) is 3.23. The number of phenolic OH excluding ortho intramolecular Hbond substituents is 2. The number of carbonyl (C=O) groups excluding carboxylic acids is 1. The van der Waals surface area contributed by atoms with Gasteiger partial charge in [-0.25, -0.2) is 0 Å². The normalized spacial score (nSPS) is 18.8. The fraction of sp³-hybridized carbons (Fsp3) is 0.462. The largest absolute Gasteiger partial charge is 0.508 e. The summed E-state index contributed by atoms with van der Waals surface area (Å²) < 4.78 is 0. The average molecular weight is 250 g/mol. The van der Waals surface area contributed by atoms with Crippen molar-refractivity contribution in [3.05, 3.63) is 23.8 Å². The molecular formula is C13H18N2O3. The predicted octanol–water partition coefficient (Wildman–Crippen LogP) is 0.827. The molecule has 1 aliphatic heterocycles. The predicted molar refractivity (Wildman–Crippen MR) is 67.7 cm³/mol. The number of hydrogen-bond acceptors (Lipinski definition) is 4. The highest BCUT2D eigenvalue weighted by atomic mass is 16.3. The molecule has 0 bridgehead atoms. The molecule has 1 atom stereocenters. The van der Waals surface area contributed by atoms with Crippen molar-refractivity contribution in [1.82, 2.24) is 10.6 Å². The zero-order chi connectivity index (χ0) is 13.0. The summed E-state index contributed by atoms with van der Waals surface area (Å²) in [7, 11) is 0. The standard InChI is InChI=1S/C13H18N2O3/c16-10-1-2-12(17)11(7-10)13(18)15-6-4-9-3-5-14-8-9/h1-2,7,9,14,16-17H,3-6,8H2,(H,15,18). The third kappa shape index (κ3) is 3.13. The van der Waals surface area contributed by atoms with Crippen molar-refractivity contribution >= 4 is 5.91 Å². The van der Waals surface area contributed by atoms with Gasteiger partial charge in [0, 0.05) is 6.54 Å². The molecule has 5 heteroatoms. The molecule has 98 valence electrons. The van der Waals surface area contributed by atoms with Crippen LogP contribution in [0, 0.1) is 5.92 Å². The van der Waals surface area contributed by atoms with Crippen molar-refractivity contribution in [3.63, 3.8) is 0 Å². The van der Waals surface area contributed by atoms with E-state index in [0.29, 0.717) is 12.5 Å². The molecular weight excluding hydrogens is 232 g/mol. The Morgan fingerprint density at radius 2 is 2.28 bits per heavy atom. The Morgan fingerprint density at radius 3 is 3.00 bits per heavy atom. The second-order valence-corrected chi connectivity index (χ2v) is 4.60. The number of benzene rings is 1. The maximum Gasteiger partial charge on any atom is 0.255 e. The molecule has 1 amide bonds. The van der Waals surface area contributed by atoms with Crippen molar-refractivity contribution in [3.8, 4) is 11.5 Å². The minimum Gasteiger partial charge on any atom is -0.508 e. The molecule has 1 aliphatic rings. The summed E-state index contributed by atoms with van der Waals surface area (Å²) in [4.78, 5) is 11.8. The number of aromatic hydroxyl groups is 2. The second kappa shape index (κ2) is 5.73. The van der Waals surface area contributed by atoms with Crippen LogP contribution in [0.4, 0.5) is 0 Å². The van der Waals surface area contributed by atoms with E-state index in [1.165, 1.54) is 18.2 Å². The Morgan fingerprint density at radius 1 is 1.44 bits per heavy atom. The summed E-state index contributed by atoms with van der Waals surface area (Å²) >= 11 is 0. The Kier molecular flexibility index (Phi) is 4.04. The quantitative estimate of drug-likeness (QED) is 0.597. The number of hydrogen-bond donors (Lipinski definition) is 4. The van der Waals surface area contributed by atoms with Gasteiger partial charge in [0.1, 0.15) is 11.5 Å². The highest BCUT2D eigenvalue weighted by molar-refractivity contribution is 5.97. The molecule has 4 N–H and O–H groups in total. The lowest BCUT2D eigenvalue weighted by Gasteiger charge is -2.10. The SMILES string of the molecule is O=C(NCCC1CCNC1)c1cc(O)ccc1O. The molecule has 0 spiro atoms. The van der Waals surface area contributed by atoms with Crippen molar-refractivity contribution in [1.29, 1.82) is 0 Å². The van der Waals surface area contributed by atoms with E-state index in [9.17, 15) is 15.0 Å². The van der Waals surface area contributed by atoms with E-state index in [0.717, 1.165) is 25.9 Å². The summed E-state index contributed by atoms with van der Waals surface area (Å²) in [5.74, 6) is 0.114. The van der Waals surface area contributed by atoms with E-state index in [-0.39, 0.29) is 23.0 Å². The van der Waals surface area contributed by atoms with Crippen LogP contribution >= 0.6 is 0 Å². The summed E-state index contributed by atoms with van der Waals surface area (Å²) in [6.07, 6.45) is 2.07. The van der Waals surface area contributed by atoms with Gasteiger partial charge in [0.05, 0.1) is 5.56 Å². The lowest BCUT2D eigenvalue weighted by molar-refractivity contribution is 0.0948. The first-order valence-electron chi connectivity index (χ1n) is 6.17. The number of rotatable bonds is 4. The van der Waals surface area contributed by atoms with Gasteiger partial charge in [-0.1, -0.05) is 0 Å². The van der Waals surface area contributed by atoms with Crippen LogP contribution in [0.3, 0.4) is 0 Å². The highest BCUT2D eigenvalue weighted by Crippen LogP contribution is 2.21. The number of phenols is 2. The maximum absolute atomic E-state index is 11.8. The smallest absolute Gasteiger partial charge is 0.255 e. The second-order valence-electron chi connectivity index (χ2n) is 4.60. The number of amides is 1. The first-order valence-corrected chi connectivity index (χ1v) is 6.17. The van der Waals surface area contributed by atoms with Crippen LogP contribution in [0.5, 0.6) is 11.5 Å². The van der Waals surface area contributed by atoms with E-state index in [2.05, 4.69) is 10.6 Å². The molecule has 2 rings (SSSR count). The van der Waals surface area contributed by atoms with Crippen molar-refractivity contribution < 1.29 is 15.0 Å². The molecule has 1 unspecified atom stereocenters.